The standard InChI is InChI=1S/C15H20N2/c1-13-5-7-14(8-6-13)11-17-15(12-16)9-3-2-4-10-15/h5-8,17H,2-4,9-11H2,1H3. The van der Waals surface area contributed by atoms with Gasteiger partial charge in [0.1, 0.15) is 5.54 Å². The fraction of sp³-hybridized carbons (Fsp3) is 0.533. The first kappa shape index (κ1) is 12.1. The molecule has 0 unspecified atom stereocenters. The molecule has 0 spiro atoms. The minimum absolute atomic E-state index is 0.275. The van der Waals surface area contributed by atoms with Gasteiger partial charge in [0.2, 0.25) is 0 Å². The van der Waals surface area contributed by atoms with Crippen molar-refractivity contribution >= 4 is 0 Å². The predicted octanol–water partition coefficient (Wildman–Crippen LogP) is 3.31. The number of nitriles is 1. The highest BCUT2D eigenvalue weighted by molar-refractivity contribution is 5.22. The summed E-state index contributed by atoms with van der Waals surface area (Å²) >= 11 is 0. The fourth-order valence-electron chi connectivity index (χ4n) is 2.46. The van der Waals surface area contributed by atoms with Gasteiger partial charge in [-0.2, -0.15) is 5.26 Å². The lowest BCUT2D eigenvalue weighted by atomic mass is 9.83. The highest BCUT2D eigenvalue weighted by Gasteiger charge is 2.31. The Labute approximate surface area is 104 Å². The van der Waals surface area contributed by atoms with E-state index >= 15 is 0 Å². The van der Waals surface area contributed by atoms with E-state index in [4.69, 9.17) is 0 Å². The second-order valence-electron chi connectivity index (χ2n) is 5.09. The molecule has 0 bridgehead atoms. The molecule has 0 aromatic heterocycles. The summed E-state index contributed by atoms with van der Waals surface area (Å²) in [4.78, 5) is 0. The molecule has 0 radical (unpaired) electrons. The highest BCUT2D eigenvalue weighted by atomic mass is 15.0. The average Bonchev–Trinajstić information content (AvgIpc) is 2.39. The Morgan fingerprint density at radius 3 is 2.41 bits per heavy atom. The van der Waals surface area contributed by atoms with Crippen molar-refractivity contribution < 1.29 is 0 Å². The van der Waals surface area contributed by atoms with Crippen LogP contribution in [0.1, 0.15) is 43.2 Å². The van der Waals surface area contributed by atoms with Gasteiger partial charge in [-0.1, -0.05) is 49.1 Å². The van der Waals surface area contributed by atoms with Crippen LogP contribution in [0.15, 0.2) is 24.3 Å². The molecular weight excluding hydrogens is 208 g/mol. The van der Waals surface area contributed by atoms with Crippen LogP contribution in [0.4, 0.5) is 0 Å². The topological polar surface area (TPSA) is 35.8 Å². The quantitative estimate of drug-likeness (QED) is 0.861. The molecule has 0 heterocycles. The number of aryl methyl sites for hydroxylation is 1. The van der Waals surface area contributed by atoms with Crippen LogP contribution in [0.5, 0.6) is 0 Å². The van der Waals surface area contributed by atoms with Crippen LogP contribution in [0.25, 0.3) is 0 Å². The second-order valence-corrected chi connectivity index (χ2v) is 5.09. The summed E-state index contributed by atoms with van der Waals surface area (Å²) in [6, 6.07) is 11.0. The third-order valence-electron chi connectivity index (χ3n) is 3.67. The summed E-state index contributed by atoms with van der Waals surface area (Å²) in [7, 11) is 0. The molecule has 2 nitrogen and oxygen atoms in total. The normalized spacial score (nSPS) is 18.6. The first-order valence-corrected chi connectivity index (χ1v) is 6.46. The van der Waals surface area contributed by atoms with E-state index in [1.54, 1.807) is 0 Å². The van der Waals surface area contributed by atoms with E-state index in [0.717, 1.165) is 19.4 Å². The van der Waals surface area contributed by atoms with Gasteiger partial charge in [-0.3, -0.25) is 5.32 Å². The van der Waals surface area contributed by atoms with Crippen molar-refractivity contribution in [3.05, 3.63) is 35.4 Å². The first-order valence-electron chi connectivity index (χ1n) is 6.46. The van der Waals surface area contributed by atoms with Gasteiger partial charge in [-0.15, -0.1) is 0 Å². The van der Waals surface area contributed by atoms with Crippen LogP contribution in [0, 0.1) is 18.3 Å². The lowest BCUT2D eigenvalue weighted by Crippen LogP contribution is -2.44. The Balaban J connectivity index is 1.96. The first-order chi connectivity index (χ1) is 8.24. The summed E-state index contributed by atoms with van der Waals surface area (Å²) in [6.07, 6.45) is 5.61. The molecule has 1 aromatic rings. The average molecular weight is 228 g/mol. The summed E-state index contributed by atoms with van der Waals surface area (Å²) in [6.45, 7) is 2.89. The molecular formula is C15H20N2. The van der Waals surface area contributed by atoms with Crippen LogP contribution >= 0.6 is 0 Å². The highest BCUT2D eigenvalue weighted by Crippen LogP contribution is 2.27. The SMILES string of the molecule is Cc1ccc(CNC2(C#N)CCCCC2)cc1. The van der Waals surface area contributed by atoms with E-state index in [0.29, 0.717) is 0 Å². The van der Waals surface area contributed by atoms with E-state index in [9.17, 15) is 5.26 Å². The van der Waals surface area contributed by atoms with Crippen molar-refractivity contribution in [2.45, 2.75) is 51.1 Å². The van der Waals surface area contributed by atoms with Gasteiger partial charge in [0.15, 0.2) is 0 Å². The number of nitrogens with zero attached hydrogens (tertiary/aromatic N) is 1. The zero-order valence-electron chi connectivity index (χ0n) is 10.5. The molecule has 1 N–H and O–H groups in total. The van der Waals surface area contributed by atoms with Crippen molar-refractivity contribution in [1.29, 1.82) is 5.26 Å². The van der Waals surface area contributed by atoms with Gasteiger partial charge in [-0.25, -0.2) is 0 Å². The Hall–Kier alpha value is -1.33. The Morgan fingerprint density at radius 1 is 1.18 bits per heavy atom. The molecule has 0 aliphatic heterocycles. The lowest BCUT2D eigenvalue weighted by Gasteiger charge is -2.31. The molecule has 0 amide bonds. The Bertz CT molecular complexity index is 394. The van der Waals surface area contributed by atoms with Gasteiger partial charge in [0.05, 0.1) is 6.07 Å². The van der Waals surface area contributed by atoms with Crippen LogP contribution < -0.4 is 5.32 Å². The second kappa shape index (κ2) is 5.33. The molecule has 1 aromatic carbocycles. The monoisotopic (exact) mass is 228 g/mol. The largest absolute Gasteiger partial charge is 0.295 e. The maximum atomic E-state index is 9.35. The molecule has 0 atom stereocenters. The van der Waals surface area contributed by atoms with Crippen molar-refractivity contribution in [3.63, 3.8) is 0 Å². The van der Waals surface area contributed by atoms with E-state index in [-0.39, 0.29) is 5.54 Å². The van der Waals surface area contributed by atoms with Crippen molar-refractivity contribution in [1.82, 2.24) is 5.32 Å². The van der Waals surface area contributed by atoms with E-state index in [2.05, 4.69) is 42.6 Å². The molecule has 1 aliphatic rings. The predicted molar refractivity (Wildman–Crippen MR) is 69.4 cm³/mol. The maximum absolute atomic E-state index is 9.35. The molecule has 2 rings (SSSR count). The number of benzene rings is 1. The van der Waals surface area contributed by atoms with Gasteiger partial charge in [-0.05, 0) is 25.3 Å². The summed E-state index contributed by atoms with van der Waals surface area (Å²) < 4.78 is 0. The summed E-state index contributed by atoms with van der Waals surface area (Å²) in [5.41, 5.74) is 2.26. The summed E-state index contributed by atoms with van der Waals surface area (Å²) in [5, 5.41) is 12.8. The van der Waals surface area contributed by atoms with Gasteiger partial charge >= 0.3 is 0 Å². The number of hydrogen-bond acceptors (Lipinski definition) is 2. The third kappa shape index (κ3) is 3.08. The van der Waals surface area contributed by atoms with Crippen molar-refractivity contribution in [2.24, 2.45) is 0 Å². The molecule has 17 heavy (non-hydrogen) atoms. The van der Waals surface area contributed by atoms with Gasteiger partial charge in [0, 0.05) is 6.54 Å². The van der Waals surface area contributed by atoms with Crippen LogP contribution in [-0.2, 0) is 6.54 Å². The molecule has 90 valence electrons. The molecule has 1 saturated carbocycles. The zero-order chi connectivity index (χ0) is 12.1. The van der Waals surface area contributed by atoms with E-state index in [1.807, 2.05) is 0 Å². The van der Waals surface area contributed by atoms with Gasteiger partial charge < -0.3 is 0 Å². The number of nitrogens with one attached hydrogen (secondary N) is 1. The molecule has 1 fully saturated rings. The molecule has 0 saturated heterocycles. The van der Waals surface area contributed by atoms with Gasteiger partial charge in [0.25, 0.3) is 0 Å². The van der Waals surface area contributed by atoms with E-state index in [1.165, 1.54) is 30.4 Å². The third-order valence-corrected chi connectivity index (χ3v) is 3.67. The summed E-state index contributed by atoms with van der Waals surface area (Å²) in [5.74, 6) is 0. The number of hydrogen-bond donors (Lipinski definition) is 1. The lowest BCUT2D eigenvalue weighted by molar-refractivity contribution is 0.296. The smallest absolute Gasteiger partial charge is 0.107 e. The molecule has 1 aliphatic carbocycles. The number of rotatable bonds is 3. The zero-order valence-corrected chi connectivity index (χ0v) is 10.5. The Kier molecular flexibility index (Phi) is 3.81. The maximum Gasteiger partial charge on any atom is 0.107 e. The fourth-order valence-corrected chi connectivity index (χ4v) is 2.46. The van der Waals surface area contributed by atoms with Crippen molar-refractivity contribution in [2.75, 3.05) is 0 Å². The van der Waals surface area contributed by atoms with E-state index < -0.39 is 0 Å². The Morgan fingerprint density at radius 2 is 1.82 bits per heavy atom. The van der Waals surface area contributed by atoms with Crippen LogP contribution in [0.3, 0.4) is 0 Å². The minimum atomic E-state index is -0.275. The minimum Gasteiger partial charge on any atom is -0.295 e. The van der Waals surface area contributed by atoms with Crippen LogP contribution in [0.2, 0.25) is 0 Å². The molecule has 2 heteroatoms. The van der Waals surface area contributed by atoms with Crippen LogP contribution in [-0.4, -0.2) is 5.54 Å². The van der Waals surface area contributed by atoms with Crippen molar-refractivity contribution in [3.8, 4) is 6.07 Å².